The van der Waals surface area contributed by atoms with Crippen molar-refractivity contribution in [3.05, 3.63) is 70.9 Å². The SMILES string of the molecule is C=CC1=C(/C=C\C)CCC(C(C)CCN)=C1C(/C=C\C)=C/C. The molecule has 0 fully saturated rings. The molecule has 2 N–H and O–H groups in total. The van der Waals surface area contributed by atoms with E-state index in [4.69, 9.17) is 5.73 Å². The van der Waals surface area contributed by atoms with Crippen LogP contribution in [-0.4, -0.2) is 6.54 Å². The molecule has 1 rings (SSSR count). The molecule has 120 valence electrons. The fraction of sp³-hybridized carbons (Fsp3) is 0.429. The van der Waals surface area contributed by atoms with Crippen molar-refractivity contribution < 1.29 is 0 Å². The average molecular weight is 297 g/mol. The van der Waals surface area contributed by atoms with Crippen molar-refractivity contribution in [2.45, 2.75) is 47.0 Å². The van der Waals surface area contributed by atoms with Crippen LogP contribution in [0.15, 0.2) is 70.9 Å². The monoisotopic (exact) mass is 297 g/mol. The Morgan fingerprint density at radius 3 is 2.45 bits per heavy atom. The van der Waals surface area contributed by atoms with Gasteiger partial charge < -0.3 is 5.73 Å². The zero-order valence-corrected chi connectivity index (χ0v) is 14.7. The van der Waals surface area contributed by atoms with Gasteiger partial charge in [-0.15, -0.1) is 0 Å². The maximum absolute atomic E-state index is 5.80. The van der Waals surface area contributed by atoms with Gasteiger partial charge in [0.2, 0.25) is 0 Å². The van der Waals surface area contributed by atoms with Crippen LogP contribution in [-0.2, 0) is 0 Å². The second kappa shape index (κ2) is 9.42. The quantitative estimate of drug-likeness (QED) is 0.604. The van der Waals surface area contributed by atoms with Crippen LogP contribution in [0.3, 0.4) is 0 Å². The van der Waals surface area contributed by atoms with Crippen molar-refractivity contribution >= 4 is 0 Å². The molecule has 0 bridgehead atoms. The molecule has 0 aromatic heterocycles. The third kappa shape index (κ3) is 4.20. The van der Waals surface area contributed by atoms with Crippen molar-refractivity contribution in [1.82, 2.24) is 0 Å². The summed E-state index contributed by atoms with van der Waals surface area (Å²) in [5.41, 5.74) is 12.7. The first kappa shape index (κ1) is 18.4. The predicted octanol–water partition coefficient (Wildman–Crippen LogP) is 5.64. The van der Waals surface area contributed by atoms with Crippen LogP contribution < -0.4 is 5.73 Å². The van der Waals surface area contributed by atoms with Gasteiger partial charge in [-0.1, -0.05) is 55.5 Å². The minimum Gasteiger partial charge on any atom is -0.330 e. The Hall–Kier alpha value is -1.60. The predicted molar refractivity (Wildman–Crippen MR) is 99.7 cm³/mol. The van der Waals surface area contributed by atoms with E-state index in [1.54, 1.807) is 0 Å². The molecule has 22 heavy (non-hydrogen) atoms. The van der Waals surface area contributed by atoms with E-state index < -0.39 is 0 Å². The molecule has 1 atom stereocenters. The van der Waals surface area contributed by atoms with E-state index in [0.717, 1.165) is 25.8 Å². The van der Waals surface area contributed by atoms with Gasteiger partial charge in [0.05, 0.1) is 0 Å². The topological polar surface area (TPSA) is 26.0 Å². The van der Waals surface area contributed by atoms with Gasteiger partial charge in [0.25, 0.3) is 0 Å². The van der Waals surface area contributed by atoms with Gasteiger partial charge in [0, 0.05) is 0 Å². The standard InChI is InChI=1S/C21H31N/c1-6-10-17(8-3)21-19(9-4)18(11-7-2)12-13-20(21)16(5)14-15-22/h6-11,16H,4,12-15,22H2,1-3,5H3/b10-6-,11-7-,17-8+. The summed E-state index contributed by atoms with van der Waals surface area (Å²) in [4.78, 5) is 0. The van der Waals surface area contributed by atoms with Crippen LogP contribution in [0.5, 0.6) is 0 Å². The molecule has 1 heteroatoms. The molecule has 0 saturated heterocycles. The molecule has 0 spiro atoms. The molecule has 1 unspecified atom stereocenters. The first-order chi connectivity index (χ1) is 10.6. The highest BCUT2D eigenvalue weighted by Gasteiger charge is 2.23. The molecule has 0 saturated carbocycles. The fourth-order valence-electron chi connectivity index (χ4n) is 3.23. The van der Waals surface area contributed by atoms with Crippen LogP contribution in [0, 0.1) is 5.92 Å². The molecule has 0 aromatic carbocycles. The van der Waals surface area contributed by atoms with Crippen LogP contribution in [0.4, 0.5) is 0 Å². The highest BCUT2D eigenvalue weighted by molar-refractivity contribution is 5.62. The van der Waals surface area contributed by atoms with E-state index in [2.05, 4.69) is 64.7 Å². The zero-order valence-electron chi connectivity index (χ0n) is 14.7. The van der Waals surface area contributed by atoms with Gasteiger partial charge in [-0.2, -0.15) is 0 Å². The largest absolute Gasteiger partial charge is 0.330 e. The number of rotatable bonds is 7. The first-order valence-electron chi connectivity index (χ1n) is 8.35. The van der Waals surface area contributed by atoms with Gasteiger partial charge in [0.15, 0.2) is 0 Å². The molecular weight excluding hydrogens is 266 g/mol. The van der Waals surface area contributed by atoms with Crippen molar-refractivity contribution in [1.29, 1.82) is 0 Å². The Morgan fingerprint density at radius 1 is 1.23 bits per heavy atom. The third-order valence-corrected chi connectivity index (χ3v) is 4.31. The average Bonchev–Trinajstić information content (AvgIpc) is 2.52. The maximum Gasteiger partial charge on any atom is -0.00717 e. The molecule has 0 aliphatic heterocycles. The lowest BCUT2D eigenvalue weighted by Crippen LogP contribution is -2.14. The first-order valence-corrected chi connectivity index (χ1v) is 8.35. The summed E-state index contributed by atoms with van der Waals surface area (Å²) in [6.07, 6.45) is 16.1. The Kier molecular flexibility index (Phi) is 7.90. The van der Waals surface area contributed by atoms with Crippen molar-refractivity contribution in [2.75, 3.05) is 6.54 Å². The summed E-state index contributed by atoms with van der Waals surface area (Å²) in [7, 11) is 0. The zero-order chi connectivity index (χ0) is 16.5. The van der Waals surface area contributed by atoms with Gasteiger partial charge >= 0.3 is 0 Å². The number of nitrogens with two attached hydrogens (primary N) is 1. The second-order valence-corrected chi connectivity index (χ2v) is 5.77. The van der Waals surface area contributed by atoms with E-state index in [0.29, 0.717) is 5.92 Å². The normalized spacial score (nSPS) is 18.7. The van der Waals surface area contributed by atoms with E-state index >= 15 is 0 Å². The molecule has 1 nitrogen and oxygen atoms in total. The minimum atomic E-state index is 0.516. The van der Waals surface area contributed by atoms with Crippen LogP contribution >= 0.6 is 0 Å². The summed E-state index contributed by atoms with van der Waals surface area (Å²) in [5.74, 6) is 0.516. The Balaban J connectivity index is 3.56. The Morgan fingerprint density at radius 2 is 1.95 bits per heavy atom. The molecular formula is C21H31N. The summed E-state index contributed by atoms with van der Waals surface area (Å²) < 4.78 is 0. The highest BCUT2D eigenvalue weighted by atomic mass is 14.5. The van der Waals surface area contributed by atoms with Crippen molar-refractivity contribution in [3.8, 4) is 0 Å². The number of hydrogen-bond acceptors (Lipinski definition) is 1. The fourth-order valence-corrected chi connectivity index (χ4v) is 3.23. The van der Waals surface area contributed by atoms with Crippen molar-refractivity contribution in [2.24, 2.45) is 11.7 Å². The summed E-state index contributed by atoms with van der Waals surface area (Å²) in [5, 5.41) is 0. The van der Waals surface area contributed by atoms with Crippen molar-refractivity contribution in [3.63, 3.8) is 0 Å². The molecule has 0 radical (unpaired) electrons. The molecule has 0 amide bonds. The number of allylic oxidation sites excluding steroid dienone is 11. The maximum atomic E-state index is 5.80. The third-order valence-electron chi connectivity index (χ3n) is 4.31. The highest BCUT2D eigenvalue weighted by Crippen LogP contribution is 2.40. The van der Waals surface area contributed by atoms with Crippen LogP contribution in [0.1, 0.15) is 47.0 Å². The summed E-state index contributed by atoms with van der Waals surface area (Å²) >= 11 is 0. The van der Waals surface area contributed by atoms with E-state index in [9.17, 15) is 0 Å². The van der Waals surface area contributed by atoms with Gasteiger partial charge in [-0.25, -0.2) is 0 Å². The van der Waals surface area contributed by atoms with Gasteiger partial charge in [-0.05, 0) is 74.8 Å². The smallest absolute Gasteiger partial charge is 0.00717 e. The Bertz CT molecular complexity index is 538. The molecule has 0 aromatic rings. The lowest BCUT2D eigenvalue weighted by atomic mass is 9.76. The van der Waals surface area contributed by atoms with Gasteiger partial charge in [0.1, 0.15) is 0 Å². The van der Waals surface area contributed by atoms with Crippen LogP contribution in [0.25, 0.3) is 0 Å². The van der Waals surface area contributed by atoms with Gasteiger partial charge in [-0.3, -0.25) is 0 Å². The second-order valence-electron chi connectivity index (χ2n) is 5.77. The lowest BCUT2D eigenvalue weighted by Gasteiger charge is -2.28. The van der Waals surface area contributed by atoms with E-state index in [-0.39, 0.29) is 0 Å². The molecule has 1 aliphatic rings. The van der Waals surface area contributed by atoms with E-state index in [1.165, 1.54) is 27.9 Å². The minimum absolute atomic E-state index is 0.516. The molecule has 0 heterocycles. The summed E-state index contributed by atoms with van der Waals surface area (Å²) in [6.45, 7) is 13.4. The number of hydrogen-bond donors (Lipinski definition) is 1. The van der Waals surface area contributed by atoms with E-state index in [1.807, 2.05) is 6.08 Å². The summed E-state index contributed by atoms with van der Waals surface area (Å²) in [6, 6.07) is 0. The van der Waals surface area contributed by atoms with Crippen LogP contribution in [0.2, 0.25) is 0 Å². The lowest BCUT2D eigenvalue weighted by molar-refractivity contribution is 0.587. The molecule has 1 aliphatic carbocycles. The Labute approximate surface area is 136 Å².